The molecule has 0 spiro atoms. The summed E-state index contributed by atoms with van der Waals surface area (Å²) in [6.07, 6.45) is 3.49. The van der Waals surface area contributed by atoms with Gasteiger partial charge in [0.2, 0.25) is 16.6 Å². The largest absolute Gasteiger partial charge is 0.724 e. The van der Waals surface area contributed by atoms with Crippen molar-refractivity contribution in [3.63, 3.8) is 0 Å². The molecule has 1 aliphatic rings. The number of aryl methyl sites for hydroxylation is 2. The van der Waals surface area contributed by atoms with Gasteiger partial charge in [-0.25, -0.2) is 18.2 Å². The first-order valence-electron chi connectivity index (χ1n) is 15.1. The lowest BCUT2D eigenvalue weighted by molar-refractivity contribution is -0.775. The first-order valence-corrected chi connectivity index (χ1v) is 17.3. The number of ether oxygens (including phenoxy) is 1. The van der Waals surface area contributed by atoms with Crippen LogP contribution in [0.2, 0.25) is 0 Å². The summed E-state index contributed by atoms with van der Waals surface area (Å²) >= 11 is 0.980. The van der Waals surface area contributed by atoms with Gasteiger partial charge in [-0.3, -0.25) is 9.59 Å². The van der Waals surface area contributed by atoms with Crippen LogP contribution in [0.5, 0.6) is 5.75 Å². The number of nitrogen functional groups attached to an aromatic ring is 1. The minimum absolute atomic E-state index is 0.0332. The number of carboxylic acids is 1. The van der Waals surface area contributed by atoms with Crippen LogP contribution >= 0.6 is 11.3 Å². The van der Waals surface area contributed by atoms with Gasteiger partial charge in [-0.15, -0.1) is 16.0 Å². The Kier molecular flexibility index (Phi) is 12.1. The van der Waals surface area contributed by atoms with E-state index < -0.39 is 64.4 Å². The molecule has 1 amide bonds. The van der Waals surface area contributed by atoms with E-state index in [1.165, 1.54) is 19.2 Å². The van der Waals surface area contributed by atoms with Gasteiger partial charge in [-0.05, 0) is 51.1 Å². The zero-order valence-corrected chi connectivity index (χ0v) is 28.4. The highest BCUT2D eigenvalue weighted by molar-refractivity contribution is 7.80. The first-order chi connectivity index (χ1) is 23.1. The van der Waals surface area contributed by atoms with Gasteiger partial charge >= 0.3 is 5.97 Å². The number of oxime groups is 1. The predicted octanol–water partition coefficient (Wildman–Crippen LogP) is 0.0198. The molecule has 2 aromatic heterocycles. The van der Waals surface area contributed by atoms with Gasteiger partial charge in [0, 0.05) is 18.2 Å². The molecule has 3 heterocycles. The summed E-state index contributed by atoms with van der Waals surface area (Å²) in [7, 11) is -5.24. The Morgan fingerprint density at radius 3 is 2.45 bits per heavy atom. The molecule has 4 rings (SSSR count). The second kappa shape index (κ2) is 15.8. The maximum Gasteiger partial charge on any atom is 0.351 e. The Morgan fingerprint density at radius 1 is 1.18 bits per heavy atom. The molecule has 0 aliphatic carbocycles. The minimum atomic E-state index is -5.24. The summed E-state index contributed by atoms with van der Waals surface area (Å²) in [5.41, 5.74) is 17.1. The topological polar surface area (TPSA) is 272 Å². The Balaban J connectivity index is 1.45. The van der Waals surface area contributed by atoms with Crippen LogP contribution in [0.4, 0.5) is 5.13 Å². The predicted molar refractivity (Wildman–Crippen MR) is 173 cm³/mol. The lowest BCUT2D eigenvalue weighted by atomic mass is 9.74. The second-order valence-corrected chi connectivity index (χ2v) is 13.4. The number of ketones is 1. The zero-order valence-electron chi connectivity index (χ0n) is 26.8. The number of rotatable bonds is 19. The van der Waals surface area contributed by atoms with Crippen LogP contribution in [0.3, 0.4) is 0 Å². The van der Waals surface area contributed by atoms with Crippen molar-refractivity contribution in [3.05, 3.63) is 47.7 Å². The van der Waals surface area contributed by atoms with Crippen molar-refractivity contribution in [2.75, 3.05) is 25.4 Å². The van der Waals surface area contributed by atoms with Crippen LogP contribution in [-0.4, -0.2) is 87.5 Å². The van der Waals surface area contributed by atoms with Crippen LogP contribution in [0.25, 0.3) is 11.1 Å². The lowest BCUT2D eigenvalue weighted by Gasteiger charge is -2.51. The van der Waals surface area contributed by atoms with Gasteiger partial charge in [-0.2, -0.15) is 14.0 Å². The minimum Gasteiger partial charge on any atom is -0.724 e. The van der Waals surface area contributed by atoms with Crippen molar-refractivity contribution in [2.24, 2.45) is 22.5 Å². The van der Waals surface area contributed by atoms with Crippen molar-refractivity contribution in [2.45, 2.75) is 57.8 Å². The van der Waals surface area contributed by atoms with E-state index in [9.17, 15) is 32.5 Å². The van der Waals surface area contributed by atoms with Gasteiger partial charge in [0.05, 0.1) is 29.8 Å². The quantitative estimate of drug-likeness (QED) is 0.0317. The summed E-state index contributed by atoms with van der Waals surface area (Å²) in [4.78, 5) is 47.2. The average molecular weight is 723 g/mol. The number of hydrogen-bond donors (Lipinski definition) is 4. The van der Waals surface area contributed by atoms with Crippen LogP contribution in [-0.2, 0) is 47.0 Å². The van der Waals surface area contributed by atoms with Gasteiger partial charge in [0.25, 0.3) is 12.0 Å². The van der Waals surface area contributed by atoms with E-state index in [2.05, 4.69) is 23.8 Å². The molecule has 2 atom stereocenters. The summed E-state index contributed by atoms with van der Waals surface area (Å²) in [6, 6.07) is 7.00. The molecule has 0 radical (unpaired) electrons. The molecule has 0 saturated carbocycles. The first kappa shape index (κ1) is 37.4. The fraction of sp³-hybridized carbons (Fsp3) is 0.448. The summed E-state index contributed by atoms with van der Waals surface area (Å²) < 4.78 is 47.1. The third-order valence-corrected chi connectivity index (χ3v) is 8.69. The van der Waals surface area contributed by atoms with Gasteiger partial charge in [0.15, 0.2) is 23.2 Å². The number of anilines is 1. The fourth-order valence-corrected chi connectivity index (χ4v) is 6.00. The fourth-order valence-electron chi connectivity index (χ4n) is 5.01. The maximum atomic E-state index is 13.3. The monoisotopic (exact) mass is 722 g/mol. The van der Waals surface area contributed by atoms with Gasteiger partial charge in [-0.1, -0.05) is 17.3 Å². The standard InChI is InChI=1S/C29H38N8O10S2/c1-29(2)21(26(39)37(29)47-49(42,43)44)13-23(38)25(22-17-48-28(32)33-22)34-46-24(27(40)41)16-45-20-7-5-18(6-8-20)19-14-35(11-3-9-30)36(15-19)12-4-10-31/h5-8,14-15,17,21,24H,3-4,9-13,16,30-31H2,1-2H3,(H3-,32,33,40,41,42,43,44)/b34-25-/t21?,24-/m0/s1. The van der Waals surface area contributed by atoms with Crippen LogP contribution < -0.4 is 26.6 Å². The van der Waals surface area contributed by atoms with Gasteiger partial charge in [0.1, 0.15) is 18.1 Å². The molecule has 3 aromatic rings. The smallest absolute Gasteiger partial charge is 0.351 e. The number of carboxylic acid groups (broad SMARTS) is 1. The summed E-state index contributed by atoms with van der Waals surface area (Å²) in [6.45, 7) is 4.94. The van der Waals surface area contributed by atoms with Crippen molar-refractivity contribution in [1.29, 1.82) is 0 Å². The van der Waals surface area contributed by atoms with E-state index in [-0.39, 0.29) is 10.8 Å². The number of benzene rings is 1. The van der Waals surface area contributed by atoms with Crippen LogP contribution in [0.15, 0.2) is 47.2 Å². The average Bonchev–Trinajstić information content (AvgIpc) is 3.67. The Labute approximate surface area is 285 Å². The number of amides is 1. The van der Waals surface area contributed by atoms with Crippen molar-refractivity contribution < 1.29 is 51.0 Å². The Hall–Kier alpha value is -4.47. The van der Waals surface area contributed by atoms with E-state index in [0.29, 0.717) is 23.9 Å². The third kappa shape index (κ3) is 9.37. The Morgan fingerprint density at radius 2 is 1.88 bits per heavy atom. The Bertz CT molecular complexity index is 1760. The molecular formula is C29H38N8O10S2. The van der Waals surface area contributed by atoms with E-state index >= 15 is 0 Å². The third-order valence-electron chi connectivity index (χ3n) is 7.68. The van der Waals surface area contributed by atoms with Gasteiger partial charge < -0.3 is 36.4 Å². The summed E-state index contributed by atoms with van der Waals surface area (Å²) in [5.74, 6) is -3.91. The van der Waals surface area contributed by atoms with Crippen molar-refractivity contribution in [3.8, 4) is 16.9 Å². The molecule has 266 valence electrons. The molecule has 1 fully saturated rings. The number of nitrogens with two attached hydrogens (primary N) is 3. The highest BCUT2D eigenvalue weighted by Gasteiger charge is 2.57. The molecule has 1 unspecified atom stereocenters. The van der Waals surface area contributed by atoms with Crippen LogP contribution in [0, 0.1) is 5.92 Å². The van der Waals surface area contributed by atoms with Crippen molar-refractivity contribution in [1.82, 2.24) is 14.7 Å². The van der Waals surface area contributed by atoms with Crippen molar-refractivity contribution >= 4 is 50.2 Å². The molecule has 20 heteroatoms. The molecule has 0 bridgehead atoms. The molecule has 1 aromatic carbocycles. The second-order valence-electron chi connectivity index (χ2n) is 11.6. The highest BCUT2D eigenvalue weighted by Crippen LogP contribution is 2.40. The number of hydrogen-bond acceptors (Lipinski definition) is 15. The number of hydroxylamine groups is 2. The molecule has 1 saturated heterocycles. The van der Waals surface area contributed by atoms with E-state index in [1.807, 2.05) is 24.5 Å². The SMILES string of the molecule is CC1(C)C(CC(=O)/C(=N\O[C@@H](COc2ccc(-c3cn(CCCN)[n+](CCCN)c3)cc2)C(=O)O)c2csc(N)n2)C(=O)N1OS(=O)(=O)[O-]. The number of aromatic nitrogens is 3. The van der Waals surface area contributed by atoms with E-state index in [0.717, 1.165) is 48.4 Å². The molecule has 7 N–H and O–H groups in total. The highest BCUT2D eigenvalue weighted by atomic mass is 32.3. The lowest BCUT2D eigenvalue weighted by Crippen LogP contribution is -2.68. The molecule has 49 heavy (non-hydrogen) atoms. The number of nitrogens with zero attached hydrogens (tertiary/aromatic N) is 5. The normalized spacial score (nSPS) is 16.7. The number of carbonyl (C=O) groups is 3. The van der Waals surface area contributed by atoms with Crippen LogP contribution in [0.1, 0.15) is 38.8 Å². The molecular weight excluding hydrogens is 684 g/mol. The number of thiazole rings is 1. The molecule has 18 nitrogen and oxygen atoms in total. The molecule has 1 aliphatic heterocycles. The number of carbonyl (C=O) groups excluding carboxylic acids is 2. The van der Waals surface area contributed by atoms with E-state index in [4.69, 9.17) is 26.8 Å². The number of aliphatic carboxylic acids is 1. The zero-order chi connectivity index (χ0) is 35.9. The number of Topliss-reactive ketones (excluding diaryl/α,β-unsaturated/α-hetero) is 1. The van der Waals surface area contributed by atoms with E-state index in [1.54, 1.807) is 12.1 Å². The number of β-lactam (4-membered cyclic amide) rings is 1. The summed E-state index contributed by atoms with van der Waals surface area (Å²) in [5, 5.41) is 15.4. The maximum absolute atomic E-state index is 13.3.